The quantitative estimate of drug-likeness (QED) is 0.832. The molecule has 1 unspecified atom stereocenters. The van der Waals surface area contributed by atoms with Crippen molar-refractivity contribution >= 4 is 0 Å². The Labute approximate surface area is 134 Å². The van der Waals surface area contributed by atoms with Crippen LogP contribution in [-0.4, -0.2) is 43.9 Å². The predicted octanol–water partition coefficient (Wildman–Crippen LogP) is 3.40. The van der Waals surface area contributed by atoms with Crippen LogP contribution in [0.1, 0.15) is 36.8 Å². The summed E-state index contributed by atoms with van der Waals surface area (Å²) in [4.78, 5) is 2.59. The van der Waals surface area contributed by atoms with Crippen molar-refractivity contribution < 1.29 is 9.47 Å². The van der Waals surface area contributed by atoms with Gasteiger partial charge in [0.25, 0.3) is 0 Å². The fraction of sp³-hybridized carbons (Fsp3) is 0.684. The van der Waals surface area contributed by atoms with Crippen LogP contribution in [-0.2, 0) is 16.0 Å². The highest BCUT2D eigenvalue weighted by Crippen LogP contribution is 2.42. The van der Waals surface area contributed by atoms with E-state index in [1.807, 2.05) is 0 Å². The lowest BCUT2D eigenvalue weighted by atomic mass is 9.78. The number of hydrogen-bond donors (Lipinski definition) is 0. The molecule has 0 aromatic heterocycles. The first-order chi connectivity index (χ1) is 10.7. The second-order valence-electron chi connectivity index (χ2n) is 6.88. The van der Waals surface area contributed by atoms with Crippen molar-refractivity contribution in [1.82, 2.24) is 4.90 Å². The molecule has 0 amide bonds. The highest BCUT2D eigenvalue weighted by molar-refractivity contribution is 5.25. The molecule has 1 aromatic carbocycles. The van der Waals surface area contributed by atoms with Crippen molar-refractivity contribution in [2.24, 2.45) is 5.92 Å². The van der Waals surface area contributed by atoms with Crippen molar-refractivity contribution in [3.63, 3.8) is 0 Å². The summed E-state index contributed by atoms with van der Waals surface area (Å²) in [5.41, 5.74) is 3.00. The molecule has 2 fully saturated rings. The summed E-state index contributed by atoms with van der Waals surface area (Å²) in [5.74, 6) is 0.688. The summed E-state index contributed by atoms with van der Waals surface area (Å²) in [7, 11) is 1.80. The first-order valence-electron chi connectivity index (χ1n) is 8.63. The number of piperidine rings is 1. The van der Waals surface area contributed by atoms with Crippen LogP contribution in [0.2, 0.25) is 0 Å². The second-order valence-corrected chi connectivity index (χ2v) is 6.88. The zero-order valence-electron chi connectivity index (χ0n) is 14.0. The molecule has 122 valence electrons. The van der Waals surface area contributed by atoms with E-state index in [0.717, 1.165) is 39.3 Å². The maximum atomic E-state index is 6.23. The fourth-order valence-electron chi connectivity index (χ4n) is 4.12. The van der Waals surface area contributed by atoms with Crippen molar-refractivity contribution in [1.29, 1.82) is 0 Å². The van der Waals surface area contributed by atoms with Crippen LogP contribution >= 0.6 is 0 Å². The van der Waals surface area contributed by atoms with E-state index in [2.05, 4.69) is 36.1 Å². The minimum atomic E-state index is 0.140. The maximum Gasteiger partial charge on any atom is 0.0736 e. The average Bonchev–Trinajstić information content (AvgIpc) is 2.92. The number of aryl methyl sites for hydroxylation is 1. The van der Waals surface area contributed by atoms with E-state index in [1.165, 1.54) is 30.4 Å². The molecule has 2 aliphatic heterocycles. The van der Waals surface area contributed by atoms with Gasteiger partial charge in [0.2, 0.25) is 0 Å². The molecule has 3 heteroatoms. The molecule has 22 heavy (non-hydrogen) atoms. The molecular formula is C19H29NO2. The Bertz CT molecular complexity index is 480. The monoisotopic (exact) mass is 303 g/mol. The Kier molecular flexibility index (Phi) is 5.17. The third kappa shape index (κ3) is 3.37. The number of hydrogen-bond acceptors (Lipinski definition) is 3. The van der Waals surface area contributed by atoms with E-state index < -0.39 is 0 Å². The van der Waals surface area contributed by atoms with Crippen LogP contribution in [0.3, 0.4) is 0 Å². The summed E-state index contributed by atoms with van der Waals surface area (Å²) in [6.07, 6.45) is 4.70. The highest BCUT2D eigenvalue weighted by Gasteiger charge is 2.45. The van der Waals surface area contributed by atoms with Gasteiger partial charge in [-0.25, -0.2) is 0 Å². The first kappa shape index (κ1) is 16.0. The minimum absolute atomic E-state index is 0.140. The lowest BCUT2D eigenvalue weighted by Gasteiger charge is -2.42. The van der Waals surface area contributed by atoms with Gasteiger partial charge in [0.1, 0.15) is 0 Å². The van der Waals surface area contributed by atoms with E-state index in [1.54, 1.807) is 7.11 Å². The van der Waals surface area contributed by atoms with Crippen LogP contribution in [0, 0.1) is 12.8 Å². The second kappa shape index (κ2) is 7.12. The minimum Gasteiger partial charge on any atom is -0.385 e. The Hall–Kier alpha value is -0.900. The summed E-state index contributed by atoms with van der Waals surface area (Å²) >= 11 is 0. The van der Waals surface area contributed by atoms with Crippen molar-refractivity contribution in [3.05, 3.63) is 35.4 Å². The van der Waals surface area contributed by atoms with Gasteiger partial charge in [-0.2, -0.15) is 0 Å². The van der Waals surface area contributed by atoms with E-state index in [9.17, 15) is 0 Å². The van der Waals surface area contributed by atoms with Gasteiger partial charge in [-0.3, -0.25) is 4.90 Å². The number of methoxy groups -OCH3 is 1. The molecule has 1 aromatic rings. The SMILES string of the molecule is COCCC1CCOC12CCN(Cc1ccccc1C)CC2. The van der Waals surface area contributed by atoms with Crippen LogP contribution in [0.5, 0.6) is 0 Å². The number of benzene rings is 1. The lowest BCUT2D eigenvalue weighted by molar-refractivity contribution is -0.0721. The molecule has 1 spiro atoms. The fourth-order valence-corrected chi connectivity index (χ4v) is 4.12. The van der Waals surface area contributed by atoms with Crippen molar-refractivity contribution in [2.45, 2.75) is 44.8 Å². The van der Waals surface area contributed by atoms with Gasteiger partial charge in [-0.15, -0.1) is 0 Å². The lowest BCUT2D eigenvalue weighted by Crippen LogP contribution is -2.47. The summed E-state index contributed by atoms with van der Waals surface area (Å²) in [6.45, 7) is 7.39. The molecule has 0 bridgehead atoms. The average molecular weight is 303 g/mol. The molecule has 0 aliphatic carbocycles. The summed E-state index contributed by atoms with van der Waals surface area (Å²) in [6, 6.07) is 8.74. The largest absolute Gasteiger partial charge is 0.385 e. The molecule has 0 N–H and O–H groups in total. The van der Waals surface area contributed by atoms with Crippen molar-refractivity contribution in [2.75, 3.05) is 33.4 Å². The number of likely N-dealkylation sites (tertiary alicyclic amines) is 1. The van der Waals surface area contributed by atoms with Gasteiger partial charge in [-0.1, -0.05) is 24.3 Å². The summed E-state index contributed by atoms with van der Waals surface area (Å²) in [5, 5.41) is 0. The standard InChI is InChI=1S/C19H29NO2/c1-16-5-3-4-6-17(16)15-20-11-9-19(10-12-20)18(7-13-21-2)8-14-22-19/h3-6,18H,7-15H2,1-2H3. The Morgan fingerprint density at radius 2 is 2.05 bits per heavy atom. The molecule has 0 radical (unpaired) electrons. The van der Waals surface area contributed by atoms with Gasteiger partial charge in [0, 0.05) is 40.0 Å². The molecule has 2 heterocycles. The molecule has 2 aliphatic rings. The molecular weight excluding hydrogens is 274 g/mol. The Morgan fingerprint density at radius 3 is 2.77 bits per heavy atom. The van der Waals surface area contributed by atoms with Gasteiger partial charge in [0.15, 0.2) is 0 Å². The Morgan fingerprint density at radius 1 is 1.27 bits per heavy atom. The van der Waals surface area contributed by atoms with Crippen molar-refractivity contribution in [3.8, 4) is 0 Å². The first-order valence-corrected chi connectivity index (χ1v) is 8.63. The van der Waals surface area contributed by atoms with Crippen LogP contribution in [0.15, 0.2) is 24.3 Å². The van der Waals surface area contributed by atoms with E-state index in [4.69, 9.17) is 9.47 Å². The van der Waals surface area contributed by atoms with E-state index in [-0.39, 0.29) is 5.60 Å². The third-order valence-electron chi connectivity index (χ3n) is 5.63. The predicted molar refractivity (Wildman–Crippen MR) is 89.0 cm³/mol. The number of ether oxygens (including phenoxy) is 2. The van der Waals surface area contributed by atoms with E-state index in [0.29, 0.717) is 5.92 Å². The van der Waals surface area contributed by atoms with Gasteiger partial charge in [-0.05, 0) is 49.7 Å². The normalized spacial score (nSPS) is 24.9. The molecule has 3 rings (SSSR count). The van der Waals surface area contributed by atoms with E-state index >= 15 is 0 Å². The van der Waals surface area contributed by atoms with Gasteiger partial charge >= 0.3 is 0 Å². The Balaban J connectivity index is 1.57. The molecule has 0 saturated carbocycles. The zero-order valence-corrected chi connectivity index (χ0v) is 14.0. The summed E-state index contributed by atoms with van der Waals surface area (Å²) < 4.78 is 11.5. The van der Waals surface area contributed by atoms with Gasteiger partial charge in [0.05, 0.1) is 5.60 Å². The third-order valence-corrected chi connectivity index (χ3v) is 5.63. The highest BCUT2D eigenvalue weighted by atomic mass is 16.5. The maximum absolute atomic E-state index is 6.23. The van der Waals surface area contributed by atoms with Gasteiger partial charge < -0.3 is 9.47 Å². The zero-order chi connectivity index (χ0) is 15.4. The molecule has 2 saturated heterocycles. The van der Waals surface area contributed by atoms with Crippen LogP contribution in [0.25, 0.3) is 0 Å². The van der Waals surface area contributed by atoms with Crippen LogP contribution in [0.4, 0.5) is 0 Å². The molecule has 3 nitrogen and oxygen atoms in total. The topological polar surface area (TPSA) is 21.7 Å². The number of rotatable bonds is 5. The van der Waals surface area contributed by atoms with Crippen LogP contribution < -0.4 is 0 Å². The molecule has 1 atom stereocenters. The number of nitrogens with zero attached hydrogens (tertiary/aromatic N) is 1. The smallest absolute Gasteiger partial charge is 0.0736 e.